The van der Waals surface area contributed by atoms with Crippen LogP contribution in [0.25, 0.3) is 11.0 Å². The van der Waals surface area contributed by atoms with Crippen LogP contribution in [0.3, 0.4) is 0 Å². The molecule has 0 spiro atoms. The highest BCUT2D eigenvalue weighted by Gasteiger charge is 2.19. The highest BCUT2D eigenvalue weighted by Crippen LogP contribution is 2.22. The van der Waals surface area contributed by atoms with E-state index in [9.17, 15) is 29.3 Å². The van der Waals surface area contributed by atoms with E-state index >= 15 is 0 Å². The first-order chi connectivity index (χ1) is 14.7. The number of nitro benzene ring substituents is 1. The van der Waals surface area contributed by atoms with Crippen molar-refractivity contribution in [2.45, 2.75) is 0 Å². The van der Waals surface area contributed by atoms with E-state index in [4.69, 9.17) is 4.42 Å². The second kappa shape index (κ2) is 8.45. The maximum Gasteiger partial charge on any atom is 0.349 e. The van der Waals surface area contributed by atoms with Crippen LogP contribution >= 0.6 is 0 Å². The lowest BCUT2D eigenvalue weighted by Crippen LogP contribution is -2.21. The molecule has 0 saturated carbocycles. The zero-order chi connectivity index (χ0) is 22.7. The number of carbonyl (C=O) groups is 3. The molecule has 11 heteroatoms. The molecule has 1 N–H and O–H groups in total. The molecule has 3 rings (SSSR count). The summed E-state index contributed by atoms with van der Waals surface area (Å²) >= 11 is 0. The zero-order valence-corrected chi connectivity index (χ0v) is 16.2. The second-order valence-electron chi connectivity index (χ2n) is 6.16. The summed E-state index contributed by atoms with van der Waals surface area (Å²) in [6, 6.07) is 8.41. The quantitative estimate of drug-likeness (QED) is 0.280. The van der Waals surface area contributed by atoms with Gasteiger partial charge in [0, 0.05) is 23.2 Å². The molecule has 0 saturated heterocycles. The SMILES string of the molecule is COC(=O)c1cc(NC(=O)c2cc3cc([N+](=O)[O-])ccc3oc2=O)cc(C(=O)OC)c1. The van der Waals surface area contributed by atoms with Gasteiger partial charge in [-0.05, 0) is 30.3 Å². The topological polar surface area (TPSA) is 155 Å². The van der Waals surface area contributed by atoms with Gasteiger partial charge in [0.15, 0.2) is 0 Å². The number of nitrogens with one attached hydrogen (secondary N) is 1. The molecule has 0 bridgehead atoms. The van der Waals surface area contributed by atoms with Crippen LogP contribution in [-0.2, 0) is 9.47 Å². The lowest BCUT2D eigenvalue weighted by atomic mass is 10.1. The van der Waals surface area contributed by atoms with E-state index in [1.54, 1.807) is 0 Å². The number of fused-ring (bicyclic) bond motifs is 1. The highest BCUT2D eigenvalue weighted by molar-refractivity contribution is 6.07. The Bertz CT molecular complexity index is 1260. The van der Waals surface area contributed by atoms with Gasteiger partial charge in [0.2, 0.25) is 0 Å². The van der Waals surface area contributed by atoms with Crippen LogP contribution in [0.4, 0.5) is 11.4 Å². The van der Waals surface area contributed by atoms with Crippen LogP contribution in [0.5, 0.6) is 0 Å². The zero-order valence-electron chi connectivity index (χ0n) is 16.2. The minimum Gasteiger partial charge on any atom is -0.465 e. The first-order valence-electron chi connectivity index (χ1n) is 8.59. The fourth-order valence-corrected chi connectivity index (χ4v) is 2.75. The normalized spacial score (nSPS) is 10.4. The number of non-ortho nitro benzene ring substituents is 1. The number of methoxy groups -OCH3 is 2. The summed E-state index contributed by atoms with van der Waals surface area (Å²) in [5, 5.41) is 13.5. The molecule has 0 unspecified atom stereocenters. The fourth-order valence-electron chi connectivity index (χ4n) is 2.75. The Morgan fingerprint density at radius 3 is 2.13 bits per heavy atom. The number of esters is 2. The van der Waals surface area contributed by atoms with E-state index in [0.717, 1.165) is 32.4 Å². The average molecular weight is 426 g/mol. The number of benzene rings is 2. The van der Waals surface area contributed by atoms with Crippen molar-refractivity contribution in [3.8, 4) is 0 Å². The summed E-state index contributed by atoms with van der Waals surface area (Å²) in [7, 11) is 2.29. The minimum atomic E-state index is -0.976. The van der Waals surface area contributed by atoms with E-state index in [2.05, 4.69) is 14.8 Å². The number of carbonyl (C=O) groups excluding carboxylic acids is 3. The van der Waals surface area contributed by atoms with Crippen LogP contribution in [0.15, 0.2) is 51.7 Å². The third kappa shape index (κ3) is 4.40. The molecule has 3 aromatic rings. The molecule has 1 heterocycles. The van der Waals surface area contributed by atoms with Gasteiger partial charge >= 0.3 is 17.6 Å². The number of nitrogens with zero attached hydrogens (tertiary/aromatic N) is 1. The van der Waals surface area contributed by atoms with Gasteiger partial charge in [-0.25, -0.2) is 14.4 Å². The number of hydrogen-bond acceptors (Lipinski definition) is 9. The van der Waals surface area contributed by atoms with E-state index in [1.165, 1.54) is 24.3 Å². The molecular formula is C20H14N2O9. The Morgan fingerprint density at radius 1 is 0.968 bits per heavy atom. The summed E-state index contributed by atoms with van der Waals surface area (Å²) in [5.41, 5.74) is -1.67. The molecule has 0 radical (unpaired) electrons. The maximum atomic E-state index is 12.7. The molecule has 0 fully saturated rings. The Kier molecular flexibility index (Phi) is 5.77. The second-order valence-corrected chi connectivity index (χ2v) is 6.16. The van der Waals surface area contributed by atoms with Crippen molar-refractivity contribution >= 4 is 40.2 Å². The molecule has 0 atom stereocenters. The molecule has 11 nitrogen and oxygen atoms in total. The Hall–Kier alpha value is -4.54. The van der Waals surface area contributed by atoms with Gasteiger partial charge in [0.25, 0.3) is 11.6 Å². The summed E-state index contributed by atoms with van der Waals surface area (Å²) in [5.74, 6) is -2.45. The van der Waals surface area contributed by atoms with Gasteiger partial charge in [-0.15, -0.1) is 0 Å². The number of rotatable bonds is 5. The van der Waals surface area contributed by atoms with Gasteiger partial charge in [0.05, 0.1) is 30.3 Å². The van der Waals surface area contributed by atoms with Crippen molar-refractivity contribution in [2.75, 3.05) is 19.5 Å². The van der Waals surface area contributed by atoms with Crippen molar-refractivity contribution in [3.63, 3.8) is 0 Å². The minimum absolute atomic E-state index is 0.00633. The Labute approximate surface area is 173 Å². The van der Waals surface area contributed by atoms with Crippen molar-refractivity contribution in [1.29, 1.82) is 0 Å². The smallest absolute Gasteiger partial charge is 0.349 e. The molecule has 158 valence electrons. The monoisotopic (exact) mass is 426 g/mol. The van der Waals surface area contributed by atoms with Crippen LogP contribution in [0.1, 0.15) is 31.1 Å². The van der Waals surface area contributed by atoms with Crippen LogP contribution < -0.4 is 10.9 Å². The molecule has 0 aliphatic carbocycles. The van der Waals surface area contributed by atoms with E-state index in [0.29, 0.717) is 0 Å². The van der Waals surface area contributed by atoms with Crippen molar-refractivity contribution in [2.24, 2.45) is 0 Å². The first-order valence-corrected chi connectivity index (χ1v) is 8.59. The van der Waals surface area contributed by atoms with Gasteiger partial charge in [-0.3, -0.25) is 14.9 Å². The first kappa shape index (κ1) is 21.2. The lowest BCUT2D eigenvalue weighted by Gasteiger charge is -2.09. The molecule has 1 aromatic heterocycles. The van der Waals surface area contributed by atoms with E-state index in [-0.39, 0.29) is 33.5 Å². The predicted octanol–water partition coefficient (Wildman–Crippen LogP) is 2.53. The van der Waals surface area contributed by atoms with Gasteiger partial charge in [0.1, 0.15) is 11.1 Å². The molecule has 0 aliphatic heterocycles. The number of anilines is 1. The van der Waals surface area contributed by atoms with Crippen LogP contribution in [0.2, 0.25) is 0 Å². The third-order valence-electron chi connectivity index (χ3n) is 4.20. The number of hydrogen-bond donors (Lipinski definition) is 1. The molecular weight excluding hydrogens is 412 g/mol. The Morgan fingerprint density at radius 2 is 1.58 bits per heavy atom. The molecule has 1 amide bonds. The average Bonchev–Trinajstić information content (AvgIpc) is 2.76. The number of nitro groups is 1. The highest BCUT2D eigenvalue weighted by atomic mass is 16.6. The summed E-state index contributed by atoms with van der Waals surface area (Å²) < 4.78 is 14.3. The third-order valence-corrected chi connectivity index (χ3v) is 4.20. The summed E-state index contributed by atoms with van der Waals surface area (Å²) in [4.78, 5) is 58.9. The largest absolute Gasteiger partial charge is 0.465 e. The lowest BCUT2D eigenvalue weighted by molar-refractivity contribution is -0.384. The van der Waals surface area contributed by atoms with Crippen molar-refractivity contribution in [1.82, 2.24) is 0 Å². The number of amides is 1. The van der Waals surface area contributed by atoms with Crippen LogP contribution in [0, 0.1) is 10.1 Å². The molecule has 31 heavy (non-hydrogen) atoms. The van der Waals surface area contributed by atoms with E-state index < -0.39 is 34.0 Å². The van der Waals surface area contributed by atoms with Gasteiger partial charge < -0.3 is 19.2 Å². The van der Waals surface area contributed by atoms with Crippen molar-refractivity contribution < 1.29 is 33.2 Å². The molecule has 0 aliphatic rings. The summed E-state index contributed by atoms with van der Waals surface area (Å²) in [6.45, 7) is 0. The van der Waals surface area contributed by atoms with Gasteiger partial charge in [-0.2, -0.15) is 0 Å². The van der Waals surface area contributed by atoms with E-state index in [1.807, 2.05) is 0 Å². The predicted molar refractivity (Wildman–Crippen MR) is 106 cm³/mol. The van der Waals surface area contributed by atoms with Gasteiger partial charge in [-0.1, -0.05) is 0 Å². The Balaban J connectivity index is 2.02. The summed E-state index contributed by atoms with van der Waals surface area (Å²) in [6.07, 6.45) is 0. The van der Waals surface area contributed by atoms with Crippen molar-refractivity contribution in [3.05, 3.63) is 79.7 Å². The fraction of sp³-hybridized carbons (Fsp3) is 0.100. The maximum absolute atomic E-state index is 12.7. The van der Waals surface area contributed by atoms with Crippen LogP contribution in [-0.4, -0.2) is 37.0 Å². The standard InChI is InChI=1S/C20H14N2O9/c1-29-18(24)11-5-12(19(25)30-2)7-13(6-11)21-17(23)15-9-10-8-14(22(27)28)3-4-16(10)31-20(15)26/h3-9H,1-2H3,(H,21,23). The molecule has 2 aromatic carbocycles. The number of ether oxygens (including phenoxy) is 2.